The third-order valence-corrected chi connectivity index (χ3v) is 3.68. The maximum Gasteiger partial charge on any atom is 0.268 e. The van der Waals surface area contributed by atoms with Crippen molar-refractivity contribution < 1.29 is 9.53 Å². The molecule has 1 atom stereocenters. The first-order chi connectivity index (χ1) is 10.6. The average Bonchev–Trinajstić information content (AvgIpc) is 2.52. The van der Waals surface area contributed by atoms with Crippen molar-refractivity contribution in [1.29, 1.82) is 5.26 Å². The molecule has 5 nitrogen and oxygen atoms in total. The molecule has 0 spiro atoms. The SMILES string of the molecule is CC1Oc2cccc(N)c2N(Cc2ccccc2C#N)C1=O. The molecule has 2 N–H and O–H groups in total. The van der Waals surface area contributed by atoms with Crippen LogP contribution in [0, 0.1) is 11.3 Å². The van der Waals surface area contributed by atoms with Crippen LogP contribution in [0.25, 0.3) is 0 Å². The molecule has 1 aliphatic heterocycles. The van der Waals surface area contributed by atoms with E-state index >= 15 is 0 Å². The topological polar surface area (TPSA) is 79.3 Å². The minimum absolute atomic E-state index is 0.168. The second-order valence-electron chi connectivity index (χ2n) is 5.15. The van der Waals surface area contributed by atoms with Gasteiger partial charge < -0.3 is 10.5 Å². The smallest absolute Gasteiger partial charge is 0.268 e. The Bertz CT molecular complexity index is 780. The summed E-state index contributed by atoms with van der Waals surface area (Å²) in [5, 5.41) is 9.21. The zero-order valence-corrected chi connectivity index (χ0v) is 12.1. The molecule has 22 heavy (non-hydrogen) atoms. The third-order valence-electron chi connectivity index (χ3n) is 3.68. The number of benzene rings is 2. The largest absolute Gasteiger partial charge is 0.479 e. The Labute approximate surface area is 128 Å². The summed E-state index contributed by atoms with van der Waals surface area (Å²) < 4.78 is 5.61. The highest BCUT2D eigenvalue weighted by Crippen LogP contribution is 2.39. The molecular weight excluding hydrogens is 278 g/mol. The van der Waals surface area contributed by atoms with Crippen LogP contribution >= 0.6 is 0 Å². The third kappa shape index (κ3) is 2.25. The van der Waals surface area contributed by atoms with E-state index in [-0.39, 0.29) is 12.5 Å². The minimum atomic E-state index is -0.580. The van der Waals surface area contributed by atoms with Gasteiger partial charge in [0.2, 0.25) is 0 Å². The molecule has 0 radical (unpaired) electrons. The number of carbonyl (C=O) groups is 1. The lowest BCUT2D eigenvalue weighted by Crippen LogP contribution is -2.44. The van der Waals surface area contributed by atoms with E-state index in [0.717, 1.165) is 5.56 Å². The van der Waals surface area contributed by atoms with Crippen molar-refractivity contribution in [2.45, 2.75) is 19.6 Å². The number of nitrogen functional groups attached to an aromatic ring is 1. The highest BCUT2D eigenvalue weighted by molar-refractivity contribution is 6.02. The lowest BCUT2D eigenvalue weighted by atomic mass is 10.1. The number of ether oxygens (including phenoxy) is 1. The highest BCUT2D eigenvalue weighted by Gasteiger charge is 2.33. The van der Waals surface area contributed by atoms with Crippen molar-refractivity contribution in [3.63, 3.8) is 0 Å². The molecule has 0 fully saturated rings. The summed E-state index contributed by atoms with van der Waals surface area (Å²) >= 11 is 0. The first kappa shape index (κ1) is 14.0. The molecule has 1 amide bonds. The summed E-state index contributed by atoms with van der Waals surface area (Å²) in [4.78, 5) is 14.1. The van der Waals surface area contributed by atoms with Gasteiger partial charge in [-0.1, -0.05) is 24.3 Å². The van der Waals surface area contributed by atoms with Gasteiger partial charge in [-0.15, -0.1) is 0 Å². The normalized spacial score (nSPS) is 16.6. The van der Waals surface area contributed by atoms with Gasteiger partial charge in [0, 0.05) is 0 Å². The van der Waals surface area contributed by atoms with Crippen molar-refractivity contribution in [2.75, 3.05) is 10.6 Å². The molecule has 0 saturated carbocycles. The quantitative estimate of drug-likeness (QED) is 0.863. The molecule has 1 unspecified atom stereocenters. The summed E-state index contributed by atoms with van der Waals surface area (Å²) in [6, 6.07) is 14.7. The van der Waals surface area contributed by atoms with Crippen molar-refractivity contribution in [3.8, 4) is 11.8 Å². The zero-order valence-electron chi connectivity index (χ0n) is 12.1. The Balaban J connectivity index is 2.07. The molecule has 1 aliphatic rings. The Kier molecular flexibility index (Phi) is 3.43. The fourth-order valence-electron chi connectivity index (χ4n) is 2.59. The molecule has 0 aromatic heterocycles. The van der Waals surface area contributed by atoms with Crippen LogP contribution in [0.4, 0.5) is 11.4 Å². The summed E-state index contributed by atoms with van der Waals surface area (Å²) in [5.41, 5.74) is 8.40. The highest BCUT2D eigenvalue weighted by atomic mass is 16.5. The van der Waals surface area contributed by atoms with Crippen LogP contribution in [0.1, 0.15) is 18.1 Å². The van der Waals surface area contributed by atoms with E-state index < -0.39 is 6.10 Å². The molecule has 5 heteroatoms. The van der Waals surface area contributed by atoms with Crippen molar-refractivity contribution >= 4 is 17.3 Å². The molecule has 3 rings (SSSR count). The lowest BCUT2D eigenvalue weighted by Gasteiger charge is -2.34. The first-order valence-corrected chi connectivity index (χ1v) is 6.96. The van der Waals surface area contributed by atoms with E-state index in [0.29, 0.717) is 22.7 Å². The summed E-state index contributed by atoms with van der Waals surface area (Å²) in [5.74, 6) is 0.416. The van der Waals surface area contributed by atoms with Crippen LogP contribution in [0.2, 0.25) is 0 Å². The predicted octanol–water partition coefficient (Wildman–Crippen LogP) is 2.45. The minimum Gasteiger partial charge on any atom is -0.479 e. The Morgan fingerprint density at radius 1 is 1.27 bits per heavy atom. The molecule has 1 heterocycles. The second-order valence-corrected chi connectivity index (χ2v) is 5.15. The number of nitrogens with zero attached hydrogens (tertiary/aromatic N) is 2. The van der Waals surface area contributed by atoms with Crippen LogP contribution in [0.5, 0.6) is 5.75 Å². The second kappa shape index (κ2) is 5.41. The van der Waals surface area contributed by atoms with Crippen molar-refractivity contribution in [2.24, 2.45) is 0 Å². The number of rotatable bonds is 2. The van der Waals surface area contributed by atoms with Gasteiger partial charge in [-0.2, -0.15) is 5.26 Å². The number of amides is 1. The monoisotopic (exact) mass is 293 g/mol. The van der Waals surface area contributed by atoms with Crippen molar-refractivity contribution in [1.82, 2.24) is 0 Å². The maximum absolute atomic E-state index is 12.5. The van der Waals surface area contributed by atoms with Gasteiger partial charge in [0.25, 0.3) is 5.91 Å². The van der Waals surface area contributed by atoms with Gasteiger partial charge in [-0.3, -0.25) is 9.69 Å². The molecule has 0 bridgehead atoms. The fourth-order valence-corrected chi connectivity index (χ4v) is 2.59. The van der Waals surface area contributed by atoms with Crippen LogP contribution in [-0.2, 0) is 11.3 Å². The van der Waals surface area contributed by atoms with Crippen LogP contribution < -0.4 is 15.4 Å². The zero-order chi connectivity index (χ0) is 15.7. The maximum atomic E-state index is 12.5. The van der Waals surface area contributed by atoms with Crippen LogP contribution in [0.3, 0.4) is 0 Å². The van der Waals surface area contributed by atoms with Gasteiger partial charge in [0.05, 0.1) is 23.9 Å². The molecule has 0 aliphatic carbocycles. The Morgan fingerprint density at radius 3 is 2.82 bits per heavy atom. The Morgan fingerprint density at radius 2 is 2.05 bits per heavy atom. The predicted molar refractivity (Wildman–Crippen MR) is 83.3 cm³/mol. The van der Waals surface area contributed by atoms with E-state index in [9.17, 15) is 10.1 Å². The van der Waals surface area contributed by atoms with E-state index in [2.05, 4.69) is 6.07 Å². The molecule has 2 aromatic rings. The van der Waals surface area contributed by atoms with Crippen molar-refractivity contribution in [3.05, 3.63) is 53.6 Å². The number of nitrogens with two attached hydrogens (primary N) is 1. The van der Waals surface area contributed by atoms with Gasteiger partial charge in [0.1, 0.15) is 11.4 Å². The van der Waals surface area contributed by atoms with E-state index in [4.69, 9.17) is 10.5 Å². The van der Waals surface area contributed by atoms with Crippen LogP contribution in [0.15, 0.2) is 42.5 Å². The van der Waals surface area contributed by atoms with E-state index in [1.807, 2.05) is 12.1 Å². The number of anilines is 2. The standard InChI is InChI=1S/C17H15N3O2/c1-11-17(21)20(10-13-6-3-2-5-12(13)9-18)16-14(19)7-4-8-15(16)22-11/h2-8,11H,10,19H2,1H3. The molecule has 0 saturated heterocycles. The molecule has 2 aromatic carbocycles. The average molecular weight is 293 g/mol. The molecule has 110 valence electrons. The summed E-state index contributed by atoms with van der Waals surface area (Å²) in [6.07, 6.45) is -0.580. The number of carbonyl (C=O) groups excluding carboxylic acids is 1. The number of nitriles is 1. The van der Waals surface area contributed by atoms with E-state index in [1.54, 1.807) is 42.2 Å². The first-order valence-electron chi connectivity index (χ1n) is 6.96. The molecular formula is C17H15N3O2. The van der Waals surface area contributed by atoms with Gasteiger partial charge in [0.15, 0.2) is 6.10 Å². The van der Waals surface area contributed by atoms with Crippen LogP contribution in [-0.4, -0.2) is 12.0 Å². The van der Waals surface area contributed by atoms with Gasteiger partial charge in [-0.05, 0) is 30.7 Å². The number of hydrogen-bond donors (Lipinski definition) is 1. The van der Waals surface area contributed by atoms with Gasteiger partial charge in [-0.25, -0.2) is 0 Å². The lowest BCUT2D eigenvalue weighted by molar-refractivity contribution is -0.125. The number of hydrogen-bond acceptors (Lipinski definition) is 4. The Hall–Kier alpha value is -3.00. The number of para-hydroxylation sites is 1. The summed E-state index contributed by atoms with van der Waals surface area (Å²) in [6.45, 7) is 2.00. The number of fused-ring (bicyclic) bond motifs is 1. The van der Waals surface area contributed by atoms with Gasteiger partial charge >= 0.3 is 0 Å². The van der Waals surface area contributed by atoms with E-state index in [1.165, 1.54) is 0 Å². The summed E-state index contributed by atoms with van der Waals surface area (Å²) in [7, 11) is 0. The fraction of sp³-hybridized carbons (Fsp3) is 0.176.